The van der Waals surface area contributed by atoms with Gasteiger partial charge in [-0.3, -0.25) is 0 Å². The van der Waals surface area contributed by atoms with Crippen LogP contribution in [0.3, 0.4) is 0 Å². The summed E-state index contributed by atoms with van der Waals surface area (Å²) in [6, 6.07) is 12.2. The summed E-state index contributed by atoms with van der Waals surface area (Å²) in [7, 11) is 0. The van der Waals surface area contributed by atoms with Gasteiger partial charge in [0.05, 0.1) is 17.3 Å². The molecule has 6 heteroatoms. The van der Waals surface area contributed by atoms with E-state index in [0.29, 0.717) is 11.6 Å². The van der Waals surface area contributed by atoms with E-state index in [1.807, 2.05) is 12.1 Å². The molecular weight excluding hydrogens is 388 g/mol. The summed E-state index contributed by atoms with van der Waals surface area (Å²) in [6.07, 6.45) is 3.82. The van der Waals surface area contributed by atoms with Gasteiger partial charge in [-0.25, -0.2) is 9.98 Å². The molecule has 2 aromatic rings. The van der Waals surface area contributed by atoms with Gasteiger partial charge >= 0.3 is 0 Å². The second-order valence-corrected chi connectivity index (χ2v) is 9.02. The molecule has 4 nitrogen and oxygen atoms in total. The largest absolute Gasteiger partial charge is 0.348 e. The fourth-order valence-electron chi connectivity index (χ4n) is 3.15. The zero-order valence-corrected chi connectivity index (χ0v) is 18.5. The molecular formula is C22H27ClN4S. The number of hydrogen-bond donors (Lipinski definition) is 0. The number of anilines is 1. The maximum Gasteiger partial charge on any atom is 0.168 e. The summed E-state index contributed by atoms with van der Waals surface area (Å²) in [4.78, 5) is 13.6. The van der Waals surface area contributed by atoms with E-state index in [9.17, 15) is 0 Å². The normalized spacial score (nSPS) is 15.9. The van der Waals surface area contributed by atoms with Crippen LogP contribution in [0.2, 0.25) is 5.02 Å². The summed E-state index contributed by atoms with van der Waals surface area (Å²) in [5.41, 5.74) is 3.40. The average molecular weight is 415 g/mol. The first-order valence-corrected chi connectivity index (χ1v) is 10.9. The van der Waals surface area contributed by atoms with Crippen molar-refractivity contribution in [1.82, 2.24) is 9.88 Å². The van der Waals surface area contributed by atoms with Gasteiger partial charge in [0.15, 0.2) is 5.17 Å². The van der Waals surface area contributed by atoms with Crippen molar-refractivity contribution in [2.45, 2.75) is 26.2 Å². The monoisotopic (exact) mass is 414 g/mol. The van der Waals surface area contributed by atoms with E-state index in [1.165, 1.54) is 5.56 Å². The maximum atomic E-state index is 6.31. The molecule has 0 N–H and O–H groups in total. The molecule has 1 aromatic carbocycles. The number of piperazine rings is 1. The quantitative estimate of drug-likeness (QED) is 0.464. The van der Waals surface area contributed by atoms with Gasteiger partial charge in [0, 0.05) is 25.0 Å². The average Bonchev–Trinajstić information content (AvgIpc) is 2.66. The van der Waals surface area contributed by atoms with E-state index >= 15 is 0 Å². The Bertz CT molecular complexity index is 871. The minimum absolute atomic E-state index is 0.141. The molecule has 0 radical (unpaired) electrons. The molecule has 0 unspecified atom stereocenters. The molecule has 1 aromatic heterocycles. The van der Waals surface area contributed by atoms with Crippen LogP contribution >= 0.6 is 23.4 Å². The molecule has 1 saturated heterocycles. The van der Waals surface area contributed by atoms with Crippen molar-refractivity contribution >= 4 is 40.0 Å². The number of pyridine rings is 1. The Morgan fingerprint density at radius 1 is 1.18 bits per heavy atom. The van der Waals surface area contributed by atoms with Crippen LogP contribution in [-0.2, 0) is 5.41 Å². The van der Waals surface area contributed by atoms with Crippen LogP contribution in [0.5, 0.6) is 0 Å². The van der Waals surface area contributed by atoms with Gasteiger partial charge in [0.25, 0.3) is 0 Å². The van der Waals surface area contributed by atoms with Crippen LogP contribution < -0.4 is 4.90 Å². The topological polar surface area (TPSA) is 31.7 Å². The third kappa shape index (κ3) is 4.70. The minimum Gasteiger partial charge on any atom is -0.348 e. The van der Waals surface area contributed by atoms with Gasteiger partial charge in [-0.05, 0) is 41.5 Å². The Morgan fingerprint density at radius 2 is 1.89 bits per heavy atom. The van der Waals surface area contributed by atoms with Crippen molar-refractivity contribution in [3.05, 3.63) is 65.5 Å². The van der Waals surface area contributed by atoms with Crippen molar-refractivity contribution in [3.8, 4) is 0 Å². The van der Waals surface area contributed by atoms with E-state index in [0.717, 1.165) is 35.5 Å². The summed E-state index contributed by atoms with van der Waals surface area (Å²) in [5.74, 6) is 0.811. The predicted molar refractivity (Wildman–Crippen MR) is 123 cm³/mol. The van der Waals surface area contributed by atoms with Crippen LogP contribution in [0.25, 0.3) is 0 Å². The third-order valence-electron chi connectivity index (χ3n) is 4.76. The highest BCUT2D eigenvalue weighted by molar-refractivity contribution is 8.13. The van der Waals surface area contributed by atoms with Crippen molar-refractivity contribution in [2.24, 2.45) is 4.99 Å². The molecule has 1 fully saturated rings. The highest BCUT2D eigenvalue weighted by Gasteiger charge is 2.25. The number of aliphatic imine (C=N–C) groups is 1. The summed E-state index contributed by atoms with van der Waals surface area (Å²) in [6.45, 7) is 13.2. The first-order valence-electron chi connectivity index (χ1n) is 9.33. The Hall–Kier alpha value is -1.98. The number of rotatable bonds is 2. The molecule has 3 rings (SSSR count). The molecule has 148 valence electrons. The molecule has 1 aliphatic rings. The lowest BCUT2D eigenvalue weighted by Crippen LogP contribution is -2.46. The van der Waals surface area contributed by atoms with Gasteiger partial charge in [-0.2, -0.15) is 0 Å². The van der Waals surface area contributed by atoms with Crippen molar-refractivity contribution in [2.75, 3.05) is 30.8 Å². The van der Waals surface area contributed by atoms with Gasteiger partial charge < -0.3 is 9.80 Å². The number of hydrogen-bond acceptors (Lipinski definition) is 4. The highest BCUT2D eigenvalue weighted by atomic mass is 35.5. The van der Waals surface area contributed by atoms with Gasteiger partial charge in [-0.1, -0.05) is 62.8 Å². The van der Waals surface area contributed by atoms with Gasteiger partial charge in [0.2, 0.25) is 0 Å². The first-order chi connectivity index (χ1) is 13.3. The highest BCUT2D eigenvalue weighted by Crippen LogP contribution is 2.28. The lowest BCUT2D eigenvalue weighted by molar-refractivity contribution is 0.466. The second-order valence-electron chi connectivity index (χ2n) is 7.84. The summed E-state index contributed by atoms with van der Waals surface area (Å²) in [5, 5.41) is 1.63. The number of amidine groups is 1. The van der Waals surface area contributed by atoms with E-state index in [2.05, 4.69) is 72.7 Å². The number of aromatic nitrogens is 1. The Kier molecular flexibility index (Phi) is 6.36. The first kappa shape index (κ1) is 20.7. The molecule has 2 heterocycles. The molecule has 28 heavy (non-hydrogen) atoms. The Labute approximate surface area is 177 Å². The zero-order chi connectivity index (χ0) is 20.3. The number of halogens is 1. The Balaban J connectivity index is 1.76. The SMILES string of the molecule is C=C1CN(c2ncccc2Cl)CCN1C(=Nc1ccc(C(C)(C)C)cc1)SC. The minimum atomic E-state index is 0.141. The maximum absolute atomic E-state index is 6.31. The van der Waals surface area contributed by atoms with Crippen molar-refractivity contribution in [3.63, 3.8) is 0 Å². The van der Waals surface area contributed by atoms with Gasteiger partial charge in [0.1, 0.15) is 5.82 Å². The number of nitrogens with zero attached hydrogens (tertiary/aromatic N) is 4. The standard InChI is InChI=1S/C22H27ClN4S/c1-16-15-26(20-19(23)7-6-12-24-20)13-14-27(16)21(28-5)25-18-10-8-17(9-11-18)22(2,3)4/h6-12H,1,13-15H2,2-5H3. The van der Waals surface area contributed by atoms with E-state index in [-0.39, 0.29) is 5.41 Å². The lowest BCUT2D eigenvalue weighted by Gasteiger charge is -2.38. The van der Waals surface area contributed by atoms with E-state index in [1.54, 1.807) is 18.0 Å². The van der Waals surface area contributed by atoms with Crippen molar-refractivity contribution < 1.29 is 0 Å². The van der Waals surface area contributed by atoms with Gasteiger partial charge in [-0.15, -0.1) is 0 Å². The molecule has 0 aliphatic carbocycles. The second kappa shape index (κ2) is 8.58. The molecule has 0 saturated carbocycles. The Morgan fingerprint density at radius 3 is 2.46 bits per heavy atom. The molecule has 0 amide bonds. The molecule has 0 bridgehead atoms. The molecule has 0 spiro atoms. The van der Waals surface area contributed by atoms with Crippen LogP contribution in [-0.4, -0.2) is 40.9 Å². The van der Waals surface area contributed by atoms with Crippen molar-refractivity contribution in [1.29, 1.82) is 0 Å². The predicted octanol–water partition coefficient (Wildman–Crippen LogP) is 5.72. The fraction of sp³-hybridized carbons (Fsp3) is 0.364. The number of thioether (sulfide) groups is 1. The number of benzene rings is 1. The van der Waals surface area contributed by atoms with Crippen LogP contribution in [0.1, 0.15) is 26.3 Å². The third-order valence-corrected chi connectivity index (χ3v) is 5.73. The molecule has 0 atom stereocenters. The smallest absolute Gasteiger partial charge is 0.168 e. The lowest BCUT2D eigenvalue weighted by atomic mass is 9.87. The van der Waals surface area contributed by atoms with Crippen LogP contribution in [0.15, 0.2) is 59.9 Å². The fourth-order valence-corrected chi connectivity index (χ4v) is 4.03. The van der Waals surface area contributed by atoms with E-state index in [4.69, 9.17) is 16.6 Å². The van der Waals surface area contributed by atoms with Crippen LogP contribution in [0.4, 0.5) is 11.5 Å². The summed E-state index contributed by atoms with van der Waals surface area (Å²) >= 11 is 7.95. The summed E-state index contributed by atoms with van der Waals surface area (Å²) < 4.78 is 0. The van der Waals surface area contributed by atoms with E-state index < -0.39 is 0 Å². The zero-order valence-electron chi connectivity index (χ0n) is 16.9. The molecule has 1 aliphatic heterocycles. The van der Waals surface area contributed by atoms with Crippen LogP contribution in [0, 0.1) is 0 Å².